The van der Waals surface area contributed by atoms with E-state index < -0.39 is 0 Å². The second kappa shape index (κ2) is 12.6. The zero-order valence-corrected chi connectivity index (χ0v) is 24.1. The molecular formula is C39H32O4. The van der Waals surface area contributed by atoms with Crippen molar-refractivity contribution in [3.8, 4) is 46.0 Å². The molecule has 0 atom stereocenters. The Hall–Kier alpha value is -5.48. The van der Waals surface area contributed by atoms with Gasteiger partial charge in [0.2, 0.25) is 0 Å². The predicted molar refractivity (Wildman–Crippen MR) is 171 cm³/mol. The molecular weight excluding hydrogens is 532 g/mol. The van der Waals surface area contributed by atoms with Crippen LogP contribution in [0.4, 0.5) is 0 Å². The van der Waals surface area contributed by atoms with Crippen LogP contribution in [0.15, 0.2) is 158 Å². The third kappa shape index (κ3) is 6.55. The van der Waals surface area contributed by atoms with Gasteiger partial charge in [-0.15, -0.1) is 0 Å². The maximum Gasteiger partial charge on any atom is 0.174 e. The highest BCUT2D eigenvalue weighted by molar-refractivity contribution is 5.57. The first kappa shape index (κ1) is 27.7. The molecule has 4 heteroatoms. The minimum atomic E-state index is -0.361. The van der Waals surface area contributed by atoms with E-state index in [4.69, 9.17) is 18.9 Å². The van der Waals surface area contributed by atoms with Crippen LogP contribution in [0.2, 0.25) is 0 Å². The van der Waals surface area contributed by atoms with Gasteiger partial charge in [-0.25, -0.2) is 0 Å². The Bertz CT molecular complexity index is 1780. The Morgan fingerprint density at radius 2 is 0.837 bits per heavy atom. The molecule has 0 aromatic heterocycles. The summed E-state index contributed by atoms with van der Waals surface area (Å²) in [6.07, 6.45) is 0. The van der Waals surface area contributed by atoms with Gasteiger partial charge in [0.05, 0.1) is 0 Å². The SMILES string of the molecule is CC(C)(c1ccccc1)c1cccc(Oc2ccccc2Oc2cccc(Oc3ccccc3)c2)c1Oc1ccccc1. The van der Waals surface area contributed by atoms with Crippen molar-refractivity contribution in [1.29, 1.82) is 0 Å². The number of para-hydroxylation sites is 5. The Kier molecular flexibility index (Phi) is 8.10. The fourth-order valence-corrected chi connectivity index (χ4v) is 4.90. The maximum absolute atomic E-state index is 6.60. The van der Waals surface area contributed by atoms with Gasteiger partial charge in [-0.2, -0.15) is 0 Å². The summed E-state index contributed by atoms with van der Waals surface area (Å²) in [5.74, 6) is 5.15. The van der Waals surface area contributed by atoms with E-state index in [0.29, 0.717) is 34.5 Å². The molecule has 6 rings (SSSR count). The Balaban J connectivity index is 1.34. The highest BCUT2D eigenvalue weighted by atomic mass is 16.5. The van der Waals surface area contributed by atoms with Crippen molar-refractivity contribution in [2.45, 2.75) is 19.3 Å². The number of hydrogen-bond donors (Lipinski definition) is 0. The lowest BCUT2D eigenvalue weighted by molar-refractivity contribution is 0.387. The van der Waals surface area contributed by atoms with Crippen molar-refractivity contribution in [3.05, 3.63) is 169 Å². The second-order valence-electron chi connectivity index (χ2n) is 10.6. The topological polar surface area (TPSA) is 36.9 Å². The summed E-state index contributed by atoms with van der Waals surface area (Å²) >= 11 is 0. The molecule has 6 aromatic rings. The van der Waals surface area contributed by atoms with Gasteiger partial charge in [0.1, 0.15) is 23.0 Å². The van der Waals surface area contributed by atoms with E-state index >= 15 is 0 Å². The average molecular weight is 565 g/mol. The van der Waals surface area contributed by atoms with Crippen LogP contribution in [0.1, 0.15) is 25.0 Å². The molecule has 0 radical (unpaired) electrons. The predicted octanol–water partition coefficient (Wildman–Crippen LogP) is 11.2. The zero-order valence-electron chi connectivity index (χ0n) is 24.1. The third-order valence-corrected chi connectivity index (χ3v) is 7.19. The monoisotopic (exact) mass is 564 g/mol. The van der Waals surface area contributed by atoms with Gasteiger partial charge in [-0.05, 0) is 60.2 Å². The summed E-state index contributed by atoms with van der Waals surface area (Å²) in [5.41, 5.74) is 1.82. The van der Waals surface area contributed by atoms with E-state index in [-0.39, 0.29) is 5.41 Å². The molecule has 4 nitrogen and oxygen atoms in total. The Morgan fingerprint density at radius 3 is 1.49 bits per heavy atom. The van der Waals surface area contributed by atoms with Crippen LogP contribution < -0.4 is 18.9 Å². The first-order chi connectivity index (χ1) is 21.1. The molecule has 0 saturated heterocycles. The highest BCUT2D eigenvalue weighted by Gasteiger charge is 2.29. The van der Waals surface area contributed by atoms with E-state index in [1.165, 1.54) is 5.56 Å². The smallest absolute Gasteiger partial charge is 0.174 e. The Labute approximate surface area is 252 Å². The molecule has 0 fully saturated rings. The second-order valence-corrected chi connectivity index (χ2v) is 10.6. The fourth-order valence-electron chi connectivity index (χ4n) is 4.90. The lowest BCUT2D eigenvalue weighted by atomic mass is 9.77. The summed E-state index contributed by atoms with van der Waals surface area (Å²) in [5, 5.41) is 0. The number of benzene rings is 6. The van der Waals surface area contributed by atoms with Crippen LogP contribution in [0.5, 0.6) is 46.0 Å². The lowest BCUT2D eigenvalue weighted by Crippen LogP contribution is -2.20. The largest absolute Gasteiger partial charge is 0.457 e. The van der Waals surface area contributed by atoms with Gasteiger partial charge in [0.15, 0.2) is 23.0 Å². The molecule has 0 N–H and O–H groups in total. The molecule has 0 amide bonds. The molecule has 0 saturated carbocycles. The van der Waals surface area contributed by atoms with Gasteiger partial charge < -0.3 is 18.9 Å². The molecule has 6 aromatic carbocycles. The Morgan fingerprint density at radius 1 is 0.372 bits per heavy atom. The molecule has 43 heavy (non-hydrogen) atoms. The van der Waals surface area contributed by atoms with Crippen molar-refractivity contribution < 1.29 is 18.9 Å². The summed E-state index contributed by atoms with van der Waals surface area (Å²) in [6.45, 7) is 4.39. The van der Waals surface area contributed by atoms with Crippen LogP contribution in [-0.4, -0.2) is 0 Å². The van der Waals surface area contributed by atoms with Gasteiger partial charge in [-0.3, -0.25) is 0 Å². The van der Waals surface area contributed by atoms with Gasteiger partial charge in [0, 0.05) is 17.0 Å². The number of hydrogen-bond acceptors (Lipinski definition) is 4. The zero-order chi connectivity index (χ0) is 29.5. The number of rotatable bonds is 10. The van der Waals surface area contributed by atoms with Crippen molar-refractivity contribution in [3.63, 3.8) is 0 Å². The van der Waals surface area contributed by atoms with Crippen LogP contribution in [0.3, 0.4) is 0 Å². The van der Waals surface area contributed by atoms with Crippen molar-refractivity contribution >= 4 is 0 Å². The van der Waals surface area contributed by atoms with E-state index in [0.717, 1.165) is 17.1 Å². The number of ether oxygens (including phenoxy) is 4. The van der Waals surface area contributed by atoms with Gasteiger partial charge in [0.25, 0.3) is 0 Å². The fraction of sp³-hybridized carbons (Fsp3) is 0.0769. The quantitative estimate of drug-likeness (QED) is 0.166. The average Bonchev–Trinajstić information content (AvgIpc) is 3.04. The minimum absolute atomic E-state index is 0.361. The lowest BCUT2D eigenvalue weighted by Gasteiger charge is -2.29. The molecule has 212 valence electrons. The summed E-state index contributed by atoms with van der Waals surface area (Å²) < 4.78 is 25.5. The molecule has 0 heterocycles. The molecule has 0 aliphatic heterocycles. The standard InChI is InChI=1S/C39H32O4/c1-39(2,29-16-6-3-7-17-29)34-24-15-27-37(38(34)42-31-20-10-5-11-21-31)43-36-26-13-12-25-35(36)41-33-23-14-22-32(28-33)40-30-18-8-4-9-19-30/h3-28H,1-2H3. The van der Waals surface area contributed by atoms with E-state index in [2.05, 4.69) is 44.2 Å². The maximum atomic E-state index is 6.60. The van der Waals surface area contributed by atoms with Crippen LogP contribution in [0, 0.1) is 0 Å². The minimum Gasteiger partial charge on any atom is -0.457 e. The molecule has 0 unspecified atom stereocenters. The molecule has 0 bridgehead atoms. The summed E-state index contributed by atoms with van der Waals surface area (Å²) in [4.78, 5) is 0. The van der Waals surface area contributed by atoms with E-state index in [1.54, 1.807) is 0 Å². The molecule has 0 aliphatic rings. The van der Waals surface area contributed by atoms with Crippen LogP contribution in [0.25, 0.3) is 0 Å². The van der Waals surface area contributed by atoms with Crippen LogP contribution in [-0.2, 0) is 5.41 Å². The normalized spacial score (nSPS) is 11.0. The first-order valence-corrected chi connectivity index (χ1v) is 14.3. The van der Waals surface area contributed by atoms with E-state index in [1.807, 2.05) is 127 Å². The first-order valence-electron chi connectivity index (χ1n) is 14.3. The van der Waals surface area contributed by atoms with Crippen molar-refractivity contribution in [2.75, 3.05) is 0 Å². The van der Waals surface area contributed by atoms with Gasteiger partial charge >= 0.3 is 0 Å². The summed E-state index contributed by atoms with van der Waals surface area (Å²) in [7, 11) is 0. The van der Waals surface area contributed by atoms with Crippen LogP contribution >= 0.6 is 0 Å². The molecule has 0 spiro atoms. The summed E-state index contributed by atoms with van der Waals surface area (Å²) in [6, 6.07) is 51.0. The van der Waals surface area contributed by atoms with Crippen molar-refractivity contribution in [2.24, 2.45) is 0 Å². The third-order valence-electron chi connectivity index (χ3n) is 7.19. The van der Waals surface area contributed by atoms with Gasteiger partial charge in [-0.1, -0.05) is 111 Å². The van der Waals surface area contributed by atoms with E-state index in [9.17, 15) is 0 Å². The molecule has 0 aliphatic carbocycles. The highest BCUT2D eigenvalue weighted by Crippen LogP contribution is 2.46. The van der Waals surface area contributed by atoms with Crippen molar-refractivity contribution in [1.82, 2.24) is 0 Å².